The third kappa shape index (κ3) is 4.01. The van der Waals surface area contributed by atoms with Crippen LogP contribution in [0, 0.1) is 6.92 Å². The maximum Gasteiger partial charge on any atom is 0.225 e. The number of carbonyl (C=O) groups excluding carboxylic acids is 1. The minimum atomic E-state index is -0.0270. The van der Waals surface area contributed by atoms with Crippen molar-refractivity contribution in [2.45, 2.75) is 13.3 Å². The fourth-order valence-corrected chi connectivity index (χ4v) is 1.67. The van der Waals surface area contributed by atoms with E-state index in [1.165, 1.54) is 6.33 Å². The first kappa shape index (κ1) is 16.1. The molecule has 0 spiro atoms. The van der Waals surface area contributed by atoms with Gasteiger partial charge < -0.3 is 10.6 Å². The molecule has 2 N–H and O–H groups in total. The molecular weight excluding hydrogens is 280 g/mol. The Morgan fingerprint density at radius 3 is 2.85 bits per heavy atom. The molecule has 0 bridgehead atoms. The number of benzene rings is 1. The van der Waals surface area contributed by atoms with E-state index in [9.17, 15) is 4.79 Å². The molecular formula is C12H17ClN6O. The quantitative estimate of drug-likeness (QED) is 0.858. The van der Waals surface area contributed by atoms with Crippen LogP contribution in [0.1, 0.15) is 12.0 Å². The molecule has 2 rings (SSSR count). The lowest BCUT2D eigenvalue weighted by Gasteiger charge is -2.09. The highest BCUT2D eigenvalue weighted by atomic mass is 35.5. The van der Waals surface area contributed by atoms with Gasteiger partial charge in [0, 0.05) is 18.7 Å². The fraction of sp³-hybridized carbons (Fsp3) is 0.333. The molecule has 0 radical (unpaired) electrons. The van der Waals surface area contributed by atoms with Gasteiger partial charge in [-0.3, -0.25) is 4.79 Å². The summed E-state index contributed by atoms with van der Waals surface area (Å²) < 4.78 is 1.57. The second kappa shape index (κ2) is 7.56. The number of hydrogen-bond donors (Lipinski definition) is 2. The third-order valence-electron chi connectivity index (χ3n) is 2.69. The summed E-state index contributed by atoms with van der Waals surface area (Å²) in [5, 5.41) is 16.8. The molecule has 2 aromatic rings. The number of anilines is 1. The molecule has 0 saturated carbocycles. The Morgan fingerprint density at radius 1 is 1.40 bits per heavy atom. The molecule has 0 aliphatic carbocycles. The molecule has 1 amide bonds. The second-order valence-electron chi connectivity index (χ2n) is 4.16. The number of nitrogens with one attached hydrogen (secondary N) is 2. The van der Waals surface area contributed by atoms with Crippen LogP contribution in [-0.4, -0.2) is 39.7 Å². The van der Waals surface area contributed by atoms with Crippen molar-refractivity contribution in [2.75, 3.05) is 18.9 Å². The van der Waals surface area contributed by atoms with Crippen LogP contribution in [0.4, 0.5) is 5.69 Å². The van der Waals surface area contributed by atoms with Gasteiger partial charge in [-0.05, 0) is 42.1 Å². The van der Waals surface area contributed by atoms with Crippen LogP contribution in [0.3, 0.4) is 0 Å². The van der Waals surface area contributed by atoms with Crippen LogP contribution in [0.2, 0.25) is 0 Å². The van der Waals surface area contributed by atoms with Crippen molar-refractivity contribution in [2.24, 2.45) is 0 Å². The summed E-state index contributed by atoms with van der Waals surface area (Å²) in [6.07, 6.45) is 1.96. The summed E-state index contributed by atoms with van der Waals surface area (Å²) in [4.78, 5) is 11.7. The van der Waals surface area contributed by atoms with Gasteiger partial charge in [0.15, 0.2) is 0 Å². The van der Waals surface area contributed by atoms with Crippen LogP contribution in [0.25, 0.3) is 5.69 Å². The maximum atomic E-state index is 11.7. The smallest absolute Gasteiger partial charge is 0.225 e. The van der Waals surface area contributed by atoms with Gasteiger partial charge in [-0.2, -0.15) is 0 Å². The Balaban J connectivity index is 0.00000200. The summed E-state index contributed by atoms with van der Waals surface area (Å²) in [5.41, 5.74) is 2.61. The summed E-state index contributed by atoms with van der Waals surface area (Å²) in [6.45, 7) is 2.61. The number of tetrazole rings is 1. The lowest BCUT2D eigenvalue weighted by molar-refractivity contribution is -0.116. The molecule has 108 valence electrons. The minimum absolute atomic E-state index is 0. The summed E-state index contributed by atoms with van der Waals surface area (Å²) >= 11 is 0. The Kier molecular flexibility index (Phi) is 6.08. The number of hydrogen-bond acceptors (Lipinski definition) is 5. The van der Waals surface area contributed by atoms with Gasteiger partial charge >= 0.3 is 0 Å². The normalized spacial score (nSPS) is 9.90. The predicted molar refractivity (Wildman–Crippen MR) is 78.3 cm³/mol. The molecule has 8 heteroatoms. The molecule has 0 aliphatic heterocycles. The summed E-state index contributed by atoms with van der Waals surface area (Å²) in [5.74, 6) is -0.0270. The largest absolute Gasteiger partial charge is 0.326 e. The van der Waals surface area contributed by atoms with Crippen molar-refractivity contribution in [3.63, 3.8) is 0 Å². The van der Waals surface area contributed by atoms with Crippen LogP contribution in [-0.2, 0) is 4.79 Å². The first-order chi connectivity index (χ1) is 9.20. The van der Waals surface area contributed by atoms with Crippen LogP contribution in [0.5, 0.6) is 0 Å². The first-order valence-electron chi connectivity index (χ1n) is 5.99. The van der Waals surface area contributed by atoms with Crippen molar-refractivity contribution >= 4 is 24.0 Å². The van der Waals surface area contributed by atoms with Crippen molar-refractivity contribution in [3.8, 4) is 5.69 Å². The van der Waals surface area contributed by atoms with Crippen LogP contribution in [0.15, 0.2) is 24.5 Å². The number of amides is 1. The molecule has 0 aliphatic rings. The van der Waals surface area contributed by atoms with Gasteiger partial charge in [0.1, 0.15) is 6.33 Å². The highest BCUT2D eigenvalue weighted by Gasteiger charge is 2.06. The molecule has 1 aromatic carbocycles. The van der Waals surface area contributed by atoms with E-state index < -0.39 is 0 Å². The van der Waals surface area contributed by atoms with Gasteiger partial charge in [-0.25, -0.2) is 4.68 Å². The highest BCUT2D eigenvalue weighted by molar-refractivity contribution is 5.91. The number of carbonyl (C=O) groups is 1. The molecule has 0 fully saturated rings. The Bertz CT molecular complexity index is 557. The molecule has 0 saturated heterocycles. The minimum Gasteiger partial charge on any atom is -0.326 e. The van der Waals surface area contributed by atoms with E-state index in [0.717, 1.165) is 16.9 Å². The molecule has 1 heterocycles. The second-order valence-corrected chi connectivity index (χ2v) is 4.16. The van der Waals surface area contributed by atoms with Gasteiger partial charge in [-0.1, -0.05) is 6.07 Å². The number of rotatable bonds is 5. The fourth-order valence-electron chi connectivity index (χ4n) is 1.67. The predicted octanol–water partition coefficient (Wildman–Crippen LogP) is 0.941. The third-order valence-corrected chi connectivity index (χ3v) is 2.69. The number of aromatic nitrogens is 4. The van der Waals surface area contributed by atoms with Crippen molar-refractivity contribution in [1.82, 2.24) is 25.5 Å². The SMILES string of the molecule is CNCCC(=O)Nc1ccc(C)c(-n2cnnn2)c1.Cl. The van der Waals surface area contributed by atoms with Crippen molar-refractivity contribution < 1.29 is 4.79 Å². The van der Waals surface area contributed by atoms with Crippen LogP contribution >= 0.6 is 12.4 Å². The first-order valence-corrected chi connectivity index (χ1v) is 5.99. The highest BCUT2D eigenvalue weighted by Crippen LogP contribution is 2.18. The molecule has 20 heavy (non-hydrogen) atoms. The molecule has 1 aromatic heterocycles. The van der Waals surface area contributed by atoms with Gasteiger partial charge in [-0.15, -0.1) is 17.5 Å². The summed E-state index contributed by atoms with van der Waals surface area (Å²) in [7, 11) is 1.81. The Morgan fingerprint density at radius 2 is 2.20 bits per heavy atom. The monoisotopic (exact) mass is 296 g/mol. The van der Waals surface area contributed by atoms with E-state index in [4.69, 9.17) is 0 Å². The van der Waals surface area contributed by atoms with E-state index in [1.54, 1.807) is 4.68 Å². The van der Waals surface area contributed by atoms with Gasteiger partial charge in [0.2, 0.25) is 5.91 Å². The van der Waals surface area contributed by atoms with E-state index >= 15 is 0 Å². The van der Waals surface area contributed by atoms with Gasteiger partial charge in [0.05, 0.1) is 5.69 Å². The number of nitrogens with zero attached hydrogens (tertiary/aromatic N) is 4. The number of halogens is 1. The zero-order valence-corrected chi connectivity index (χ0v) is 12.1. The Hall–Kier alpha value is -1.99. The average Bonchev–Trinajstić information content (AvgIpc) is 2.92. The summed E-state index contributed by atoms with van der Waals surface area (Å²) in [6, 6.07) is 5.63. The lowest BCUT2D eigenvalue weighted by atomic mass is 10.2. The van der Waals surface area contributed by atoms with Crippen LogP contribution < -0.4 is 10.6 Å². The zero-order chi connectivity index (χ0) is 13.7. The maximum absolute atomic E-state index is 11.7. The van der Waals surface area contributed by atoms with E-state index in [0.29, 0.717) is 13.0 Å². The molecule has 0 atom stereocenters. The van der Waals surface area contributed by atoms with Gasteiger partial charge in [0.25, 0.3) is 0 Å². The van der Waals surface area contributed by atoms with Crippen molar-refractivity contribution in [3.05, 3.63) is 30.1 Å². The standard InChI is InChI=1S/C12H16N6O.ClH/c1-9-3-4-10(15-12(19)5-6-13-2)7-11(9)18-8-14-16-17-18;/h3-4,7-8,13H,5-6H2,1-2H3,(H,15,19);1H. The van der Waals surface area contributed by atoms with E-state index in [1.807, 2.05) is 32.2 Å². The number of aryl methyl sites for hydroxylation is 1. The average molecular weight is 297 g/mol. The lowest BCUT2D eigenvalue weighted by Crippen LogP contribution is -2.18. The van der Waals surface area contributed by atoms with Crippen molar-refractivity contribution in [1.29, 1.82) is 0 Å². The van der Waals surface area contributed by atoms with E-state index in [-0.39, 0.29) is 18.3 Å². The molecule has 0 unspecified atom stereocenters. The zero-order valence-electron chi connectivity index (χ0n) is 11.3. The van der Waals surface area contributed by atoms with E-state index in [2.05, 4.69) is 26.2 Å². The topological polar surface area (TPSA) is 84.7 Å². The molecule has 7 nitrogen and oxygen atoms in total. The Labute approximate surface area is 123 Å².